The summed E-state index contributed by atoms with van der Waals surface area (Å²) in [6.07, 6.45) is 0.734. The van der Waals surface area contributed by atoms with Crippen molar-refractivity contribution >= 4 is 0 Å². The van der Waals surface area contributed by atoms with Crippen molar-refractivity contribution < 1.29 is 10.2 Å². The highest BCUT2D eigenvalue weighted by atomic mass is 16.3. The molecule has 0 radical (unpaired) electrons. The number of aromatic nitrogens is 2. The third-order valence-electron chi connectivity index (χ3n) is 2.18. The summed E-state index contributed by atoms with van der Waals surface area (Å²) in [6.45, 7) is 4.92. The Bertz CT molecular complexity index is 284. The summed E-state index contributed by atoms with van der Waals surface area (Å²) in [7, 11) is 0. The van der Waals surface area contributed by atoms with Crippen LogP contribution in [0.25, 0.3) is 0 Å². The topological polar surface area (TPSA) is 58.3 Å². The zero-order valence-corrected chi connectivity index (χ0v) is 8.77. The Morgan fingerprint density at radius 1 is 1.57 bits per heavy atom. The van der Waals surface area contributed by atoms with Gasteiger partial charge in [0.15, 0.2) is 0 Å². The van der Waals surface area contributed by atoms with Crippen molar-refractivity contribution in [1.82, 2.24) is 9.78 Å². The lowest BCUT2D eigenvalue weighted by Gasteiger charge is -2.04. The summed E-state index contributed by atoms with van der Waals surface area (Å²) >= 11 is 0. The largest absolute Gasteiger partial charge is 0.396 e. The standard InChI is InChI=1S/C10H18N2O2/c1-3-5-12-8(2)7-9(11-12)10(14)4-6-13/h7,10,13-14H,3-6H2,1-2H3/t10-/m1/s1. The van der Waals surface area contributed by atoms with Crippen LogP contribution in [0.4, 0.5) is 0 Å². The molecule has 0 fully saturated rings. The molecule has 0 unspecified atom stereocenters. The third kappa shape index (κ3) is 2.56. The lowest BCUT2D eigenvalue weighted by molar-refractivity contribution is 0.130. The van der Waals surface area contributed by atoms with Crippen molar-refractivity contribution in [2.45, 2.75) is 39.3 Å². The Morgan fingerprint density at radius 3 is 2.86 bits per heavy atom. The number of aliphatic hydroxyl groups excluding tert-OH is 2. The Balaban J connectivity index is 2.74. The summed E-state index contributed by atoms with van der Waals surface area (Å²) in [4.78, 5) is 0. The fourth-order valence-electron chi connectivity index (χ4n) is 1.41. The van der Waals surface area contributed by atoms with Gasteiger partial charge in [0, 0.05) is 25.3 Å². The average Bonchev–Trinajstić information content (AvgIpc) is 2.49. The maximum atomic E-state index is 9.59. The summed E-state index contributed by atoms with van der Waals surface area (Å²) in [5.74, 6) is 0. The van der Waals surface area contributed by atoms with Gasteiger partial charge in [-0.05, 0) is 19.4 Å². The summed E-state index contributed by atoms with van der Waals surface area (Å²) in [5, 5.41) is 22.5. The number of aryl methyl sites for hydroxylation is 2. The molecule has 80 valence electrons. The molecule has 0 aliphatic rings. The molecule has 4 nitrogen and oxygen atoms in total. The molecule has 2 N–H and O–H groups in total. The highest BCUT2D eigenvalue weighted by Crippen LogP contribution is 2.15. The molecule has 0 spiro atoms. The van der Waals surface area contributed by atoms with Gasteiger partial charge in [0.05, 0.1) is 11.8 Å². The molecule has 4 heteroatoms. The monoisotopic (exact) mass is 198 g/mol. The van der Waals surface area contributed by atoms with Gasteiger partial charge in [0.2, 0.25) is 0 Å². The van der Waals surface area contributed by atoms with Gasteiger partial charge in [-0.25, -0.2) is 0 Å². The highest BCUT2D eigenvalue weighted by molar-refractivity contribution is 5.11. The second kappa shape index (κ2) is 5.12. The van der Waals surface area contributed by atoms with E-state index >= 15 is 0 Å². The Hall–Kier alpha value is -0.870. The fraction of sp³-hybridized carbons (Fsp3) is 0.700. The van der Waals surface area contributed by atoms with Crippen molar-refractivity contribution in [3.8, 4) is 0 Å². The van der Waals surface area contributed by atoms with Crippen molar-refractivity contribution in [1.29, 1.82) is 0 Å². The number of rotatable bonds is 5. The van der Waals surface area contributed by atoms with Crippen LogP contribution in [0.15, 0.2) is 6.07 Å². The minimum Gasteiger partial charge on any atom is -0.396 e. The van der Waals surface area contributed by atoms with Gasteiger partial charge in [-0.3, -0.25) is 4.68 Å². The van der Waals surface area contributed by atoms with Crippen molar-refractivity contribution in [3.63, 3.8) is 0 Å². The van der Waals surface area contributed by atoms with E-state index in [2.05, 4.69) is 12.0 Å². The van der Waals surface area contributed by atoms with Crippen LogP contribution >= 0.6 is 0 Å². The predicted molar refractivity (Wildman–Crippen MR) is 53.9 cm³/mol. The van der Waals surface area contributed by atoms with Crippen molar-refractivity contribution in [2.75, 3.05) is 6.61 Å². The van der Waals surface area contributed by atoms with Gasteiger partial charge in [0.25, 0.3) is 0 Å². The molecule has 1 aromatic rings. The van der Waals surface area contributed by atoms with E-state index in [1.165, 1.54) is 0 Å². The molecule has 1 heterocycles. The molecule has 1 aromatic heterocycles. The van der Waals surface area contributed by atoms with Gasteiger partial charge in [0.1, 0.15) is 0 Å². The van der Waals surface area contributed by atoms with E-state index in [1.807, 2.05) is 17.7 Å². The van der Waals surface area contributed by atoms with Crippen LogP contribution in [0.1, 0.15) is 37.3 Å². The SMILES string of the molecule is CCCn1nc([C@H](O)CCO)cc1C. The van der Waals surface area contributed by atoms with Gasteiger partial charge in [-0.2, -0.15) is 5.10 Å². The van der Waals surface area contributed by atoms with E-state index in [0.717, 1.165) is 18.7 Å². The summed E-state index contributed by atoms with van der Waals surface area (Å²) < 4.78 is 1.88. The second-order valence-corrected chi connectivity index (χ2v) is 3.46. The quantitative estimate of drug-likeness (QED) is 0.742. The van der Waals surface area contributed by atoms with E-state index in [0.29, 0.717) is 12.1 Å². The molecule has 0 amide bonds. The van der Waals surface area contributed by atoms with Gasteiger partial charge in [-0.15, -0.1) is 0 Å². The van der Waals surface area contributed by atoms with Gasteiger partial charge < -0.3 is 10.2 Å². The summed E-state index contributed by atoms with van der Waals surface area (Å²) in [6, 6.07) is 1.87. The van der Waals surface area contributed by atoms with E-state index in [9.17, 15) is 5.11 Å². The molecule has 0 aliphatic heterocycles. The molecule has 0 saturated heterocycles. The second-order valence-electron chi connectivity index (χ2n) is 3.46. The third-order valence-corrected chi connectivity index (χ3v) is 2.18. The Morgan fingerprint density at radius 2 is 2.29 bits per heavy atom. The van der Waals surface area contributed by atoms with E-state index < -0.39 is 6.10 Å². The molecule has 14 heavy (non-hydrogen) atoms. The molecular weight excluding hydrogens is 180 g/mol. The zero-order valence-electron chi connectivity index (χ0n) is 8.77. The fourth-order valence-corrected chi connectivity index (χ4v) is 1.41. The van der Waals surface area contributed by atoms with E-state index in [-0.39, 0.29) is 6.61 Å². The zero-order chi connectivity index (χ0) is 10.6. The number of aliphatic hydroxyl groups is 2. The molecule has 1 atom stereocenters. The maximum absolute atomic E-state index is 9.59. The minimum absolute atomic E-state index is 0.0130. The number of hydrogen-bond donors (Lipinski definition) is 2. The van der Waals surface area contributed by atoms with Gasteiger partial charge >= 0.3 is 0 Å². The van der Waals surface area contributed by atoms with Crippen LogP contribution in [-0.4, -0.2) is 26.6 Å². The Kier molecular flexibility index (Phi) is 4.10. The predicted octanol–water partition coefficient (Wildman–Crippen LogP) is 1.02. The van der Waals surface area contributed by atoms with Crippen molar-refractivity contribution in [2.24, 2.45) is 0 Å². The maximum Gasteiger partial charge on any atom is 0.1000 e. The van der Waals surface area contributed by atoms with Crippen LogP contribution in [0.5, 0.6) is 0 Å². The van der Waals surface area contributed by atoms with Crippen LogP contribution in [0.3, 0.4) is 0 Å². The normalized spacial score (nSPS) is 13.1. The van der Waals surface area contributed by atoms with Crippen LogP contribution in [-0.2, 0) is 6.54 Å². The average molecular weight is 198 g/mol. The van der Waals surface area contributed by atoms with E-state index in [4.69, 9.17) is 5.11 Å². The molecule has 0 bridgehead atoms. The minimum atomic E-state index is -0.642. The first-order chi connectivity index (χ1) is 6.69. The van der Waals surface area contributed by atoms with Gasteiger partial charge in [-0.1, -0.05) is 6.92 Å². The van der Waals surface area contributed by atoms with Crippen LogP contribution in [0.2, 0.25) is 0 Å². The van der Waals surface area contributed by atoms with Crippen LogP contribution in [0, 0.1) is 6.92 Å². The van der Waals surface area contributed by atoms with Crippen LogP contribution < -0.4 is 0 Å². The molecule has 1 rings (SSSR count). The molecular formula is C10H18N2O2. The lowest BCUT2D eigenvalue weighted by atomic mass is 10.2. The van der Waals surface area contributed by atoms with E-state index in [1.54, 1.807) is 0 Å². The molecule has 0 saturated carbocycles. The molecule has 0 aliphatic carbocycles. The molecule has 0 aromatic carbocycles. The number of hydrogen-bond acceptors (Lipinski definition) is 3. The first kappa shape index (κ1) is 11.2. The Labute approximate surface area is 84.2 Å². The van der Waals surface area contributed by atoms with Crippen molar-refractivity contribution in [3.05, 3.63) is 17.5 Å². The first-order valence-corrected chi connectivity index (χ1v) is 5.02. The highest BCUT2D eigenvalue weighted by Gasteiger charge is 2.12. The first-order valence-electron chi connectivity index (χ1n) is 5.02. The number of nitrogens with zero attached hydrogens (tertiary/aromatic N) is 2. The lowest BCUT2D eigenvalue weighted by Crippen LogP contribution is -2.04. The smallest absolute Gasteiger partial charge is 0.1000 e. The summed E-state index contributed by atoms with van der Waals surface area (Å²) in [5.41, 5.74) is 1.71.